The van der Waals surface area contributed by atoms with Crippen molar-refractivity contribution in [2.45, 2.75) is 38.6 Å². The molecular weight excluding hydrogens is 362 g/mol. The Labute approximate surface area is 161 Å². The first kappa shape index (κ1) is 18.1. The summed E-state index contributed by atoms with van der Waals surface area (Å²) in [5.41, 5.74) is -0.0951. The maximum Gasteiger partial charge on any atom is 0.258 e. The third-order valence-corrected chi connectivity index (χ3v) is 6.49. The van der Waals surface area contributed by atoms with Crippen LogP contribution in [0.2, 0.25) is 0 Å². The standard InChI is InChI=1S/C19H23N5O2S/c20-14-19(4-2-1-3-5-19)17(26)23-8-6-22(7-9-23)13-15-12-16(25)24-10-11-27-18(24)21-15/h10-12H,1-9,13H2. The number of rotatable bonds is 3. The second-order valence-corrected chi connectivity index (χ2v) is 8.34. The van der Waals surface area contributed by atoms with Crippen molar-refractivity contribution < 1.29 is 4.79 Å². The van der Waals surface area contributed by atoms with Gasteiger partial charge in [0.15, 0.2) is 4.96 Å². The van der Waals surface area contributed by atoms with E-state index in [4.69, 9.17) is 0 Å². The summed E-state index contributed by atoms with van der Waals surface area (Å²) in [4.78, 5) is 34.4. The van der Waals surface area contributed by atoms with Gasteiger partial charge in [0, 0.05) is 50.4 Å². The minimum absolute atomic E-state index is 0.0146. The zero-order valence-corrected chi connectivity index (χ0v) is 16.1. The summed E-state index contributed by atoms with van der Waals surface area (Å²) in [6.07, 6.45) is 6.16. The number of carbonyl (C=O) groups is 1. The molecule has 2 aromatic rings. The summed E-state index contributed by atoms with van der Waals surface area (Å²) in [5.74, 6) is 0.0146. The molecule has 1 saturated heterocycles. The van der Waals surface area contributed by atoms with E-state index in [0.29, 0.717) is 37.4 Å². The van der Waals surface area contributed by atoms with E-state index in [-0.39, 0.29) is 11.5 Å². The third kappa shape index (κ3) is 3.49. The monoisotopic (exact) mass is 385 g/mol. The highest BCUT2D eigenvalue weighted by Crippen LogP contribution is 2.37. The lowest BCUT2D eigenvalue weighted by Crippen LogP contribution is -2.53. The van der Waals surface area contributed by atoms with Crippen LogP contribution in [0.15, 0.2) is 22.4 Å². The van der Waals surface area contributed by atoms with Crippen LogP contribution in [0.4, 0.5) is 0 Å². The molecular formula is C19H23N5O2S. The van der Waals surface area contributed by atoms with Gasteiger partial charge in [0.05, 0.1) is 11.8 Å². The van der Waals surface area contributed by atoms with Gasteiger partial charge in [0.25, 0.3) is 5.56 Å². The fourth-order valence-electron chi connectivity index (χ4n) is 4.14. The smallest absolute Gasteiger partial charge is 0.258 e. The fourth-order valence-corrected chi connectivity index (χ4v) is 4.88. The zero-order valence-electron chi connectivity index (χ0n) is 15.3. The van der Waals surface area contributed by atoms with Crippen LogP contribution < -0.4 is 5.56 Å². The SMILES string of the molecule is N#CC1(C(=O)N2CCN(Cc3cc(=O)n4ccsc4n3)CC2)CCCCC1. The van der Waals surface area contributed by atoms with Gasteiger partial charge in [-0.15, -0.1) is 11.3 Å². The highest BCUT2D eigenvalue weighted by molar-refractivity contribution is 7.15. The Morgan fingerprint density at radius 1 is 1.22 bits per heavy atom. The van der Waals surface area contributed by atoms with Crippen LogP contribution >= 0.6 is 11.3 Å². The van der Waals surface area contributed by atoms with Crippen molar-refractivity contribution >= 4 is 22.2 Å². The molecule has 2 aliphatic rings. The van der Waals surface area contributed by atoms with E-state index in [2.05, 4.69) is 16.0 Å². The topological polar surface area (TPSA) is 81.7 Å². The third-order valence-electron chi connectivity index (χ3n) is 5.73. The Balaban J connectivity index is 1.39. The molecule has 142 valence electrons. The lowest BCUT2D eigenvalue weighted by atomic mass is 9.74. The van der Waals surface area contributed by atoms with Gasteiger partial charge in [-0.2, -0.15) is 5.26 Å². The Kier molecular flexibility index (Phi) is 4.98. The highest BCUT2D eigenvalue weighted by Gasteiger charge is 2.43. The van der Waals surface area contributed by atoms with Crippen molar-refractivity contribution in [3.05, 3.63) is 33.7 Å². The molecule has 0 radical (unpaired) electrons. The summed E-state index contributed by atoms with van der Waals surface area (Å²) in [5, 5.41) is 11.5. The number of nitriles is 1. The van der Waals surface area contributed by atoms with Crippen LogP contribution in [-0.2, 0) is 11.3 Å². The van der Waals surface area contributed by atoms with E-state index in [1.807, 2.05) is 10.3 Å². The molecule has 1 aliphatic heterocycles. The average molecular weight is 385 g/mol. The van der Waals surface area contributed by atoms with Crippen LogP contribution in [0.3, 0.4) is 0 Å². The van der Waals surface area contributed by atoms with Gasteiger partial charge in [-0.25, -0.2) is 4.98 Å². The predicted octanol–water partition coefficient (Wildman–Crippen LogP) is 1.87. The molecule has 27 heavy (non-hydrogen) atoms. The largest absolute Gasteiger partial charge is 0.339 e. The maximum atomic E-state index is 13.0. The molecule has 0 N–H and O–H groups in total. The molecule has 0 spiro atoms. The first-order chi connectivity index (χ1) is 13.1. The van der Waals surface area contributed by atoms with Gasteiger partial charge in [-0.3, -0.25) is 18.9 Å². The molecule has 0 atom stereocenters. The number of carbonyl (C=O) groups excluding carboxylic acids is 1. The van der Waals surface area contributed by atoms with Crippen molar-refractivity contribution in [1.82, 2.24) is 19.2 Å². The molecule has 8 heteroatoms. The van der Waals surface area contributed by atoms with E-state index >= 15 is 0 Å². The van der Waals surface area contributed by atoms with Crippen LogP contribution in [0.5, 0.6) is 0 Å². The van der Waals surface area contributed by atoms with E-state index in [1.165, 1.54) is 11.3 Å². The van der Waals surface area contributed by atoms with Gasteiger partial charge in [-0.05, 0) is 12.8 Å². The van der Waals surface area contributed by atoms with Gasteiger partial charge in [0.2, 0.25) is 5.91 Å². The van der Waals surface area contributed by atoms with E-state index in [9.17, 15) is 14.9 Å². The zero-order chi connectivity index (χ0) is 18.9. The van der Waals surface area contributed by atoms with Gasteiger partial charge in [-0.1, -0.05) is 19.3 Å². The summed E-state index contributed by atoms with van der Waals surface area (Å²) >= 11 is 1.45. The highest BCUT2D eigenvalue weighted by atomic mass is 32.1. The molecule has 4 rings (SSSR count). The molecule has 2 fully saturated rings. The van der Waals surface area contributed by atoms with Gasteiger partial charge < -0.3 is 4.90 Å². The molecule has 1 aliphatic carbocycles. The summed E-state index contributed by atoms with van der Waals surface area (Å²) in [6.45, 7) is 3.33. The average Bonchev–Trinajstić information content (AvgIpc) is 3.18. The number of fused-ring (bicyclic) bond motifs is 1. The predicted molar refractivity (Wildman–Crippen MR) is 102 cm³/mol. The molecule has 1 saturated carbocycles. The minimum Gasteiger partial charge on any atom is -0.339 e. The van der Waals surface area contributed by atoms with Crippen molar-refractivity contribution in [2.24, 2.45) is 5.41 Å². The molecule has 0 aromatic carbocycles. The number of nitrogens with zero attached hydrogens (tertiary/aromatic N) is 5. The number of aromatic nitrogens is 2. The second-order valence-electron chi connectivity index (χ2n) is 7.46. The maximum absolute atomic E-state index is 13.0. The molecule has 0 bridgehead atoms. The summed E-state index contributed by atoms with van der Waals surface area (Å²) in [7, 11) is 0. The minimum atomic E-state index is -0.805. The summed E-state index contributed by atoms with van der Waals surface area (Å²) in [6, 6.07) is 3.92. The number of thiazole rings is 1. The fraction of sp³-hybridized carbons (Fsp3) is 0.579. The van der Waals surface area contributed by atoms with Gasteiger partial charge >= 0.3 is 0 Å². The van der Waals surface area contributed by atoms with E-state index in [0.717, 1.165) is 38.0 Å². The molecule has 0 unspecified atom stereocenters. The first-order valence-electron chi connectivity index (χ1n) is 9.50. The lowest BCUT2D eigenvalue weighted by molar-refractivity contribution is -0.142. The Morgan fingerprint density at radius 3 is 2.67 bits per heavy atom. The van der Waals surface area contributed by atoms with Crippen LogP contribution in [0.1, 0.15) is 37.8 Å². The molecule has 7 nitrogen and oxygen atoms in total. The van der Waals surface area contributed by atoms with E-state index in [1.54, 1.807) is 16.7 Å². The lowest BCUT2D eigenvalue weighted by Gasteiger charge is -2.39. The number of hydrogen-bond acceptors (Lipinski definition) is 6. The number of amides is 1. The van der Waals surface area contributed by atoms with Crippen molar-refractivity contribution in [3.8, 4) is 6.07 Å². The Hall–Kier alpha value is -2.24. The normalized spacial score (nSPS) is 20.5. The summed E-state index contributed by atoms with van der Waals surface area (Å²) < 4.78 is 1.55. The number of piperazine rings is 1. The molecule has 1 amide bonds. The van der Waals surface area contributed by atoms with E-state index < -0.39 is 5.41 Å². The first-order valence-corrected chi connectivity index (χ1v) is 10.4. The number of hydrogen-bond donors (Lipinski definition) is 0. The second kappa shape index (κ2) is 7.41. The Morgan fingerprint density at radius 2 is 1.96 bits per heavy atom. The molecule has 2 aromatic heterocycles. The molecule has 3 heterocycles. The Bertz CT molecular complexity index is 929. The van der Waals surface area contributed by atoms with Crippen LogP contribution in [-0.4, -0.2) is 51.3 Å². The van der Waals surface area contributed by atoms with Crippen molar-refractivity contribution in [2.75, 3.05) is 26.2 Å². The quantitative estimate of drug-likeness (QED) is 0.806. The van der Waals surface area contributed by atoms with Crippen LogP contribution in [0, 0.1) is 16.7 Å². The van der Waals surface area contributed by atoms with Gasteiger partial charge in [0.1, 0.15) is 5.41 Å². The van der Waals surface area contributed by atoms with Crippen molar-refractivity contribution in [1.29, 1.82) is 5.26 Å². The van der Waals surface area contributed by atoms with Crippen molar-refractivity contribution in [3.63, 3.8) is 0 Å². The van der Waals surface area contributed by atoms with Crippen LogP contribution in [0.25, 0.3) is 4.96 Å².